The van der Waals surface area contributed by atoms with Crippen molar-refractivity contribution in [3.05, 3.63) is 0 Å². The Kier molecular flexibility index (Phi) is 12.5. The van der Waals surface area contributed by atoms with Crippen molar-refractivity contribution >= 4 is 0 Å². The lowest BCUT2D eigenvalue weighted by atomic mass is 10.2. The molecule has 0 heterocycles. The first-order valence-corrected chi connectivity index (χ1v) is 6.86. The molecule has 0 aliphatic rings. The zero-order valence-electron chi connectivity index (χ0n) is 11.6. The van der Waals surface area contributed by atoms with Crippen LogP contribution in [0.1, 0.15) is 39.0 Å². The molecule has 0 spiro atoms. The molecule has 0 radical (unpaired) electrons. The first-order valence-electron chi connectivity index (χ1n) is 6.86. The van der Waals surface area contributed by atoms with Crippen LogP contribution in [0.25, 0.3) is 0 Å². The number of rotatable bonds is 13. The van der Waals surface area contributed by atoms with Crippen molar-refractivity contribution in [2.75, 3.05) is 39.6 Å². The summed E-state index contributed by atoms with van der Waals surface area (Å²) >= 11 is 0. The monoisotopic (exact) mass is 286 g/mol. The number of alkyl halides is 3. The summed E-state index contributed by atoms with van der Waals surface area (Å²) in [6, 6.07) is 0. The fourth-order valence-corrected chi connectivity index (χ4v) is 1.39. The van der Waals surface area contributed by atoms with Gasteiger partial charge >= 0.3 is 6.18 Å². The lowest BCUT2D eigenvalue weighted by Gasteiger charge is -2.07. The fourth-order valence-electron chi connectivity index (χ4n) is 1.39. The summed E-state index contributed by atoms with van der Waals surface area (Å²) in [5, 5.41) is 0. The molecule has 116 valence electrons. The van der Waals surface area contributed by atoms with Gasteiger partial charge in [0.15, 0.2) is 0 Å². The Labute approximate surface area is 113 Å². The normalized spacial score (nSPS) is 12.0. The van der Waals surface area contributed by atoms with Gasteiger partial charge < -0.3 is 14.2 Å². The standard InChI is InChI=1S/C13H25F3O3/c1-2-7-17-9-11-19-12-10-18-8-5-3-4-6-13(14,15)16/h2-12H2,1H3. The third kappa shape index (κ3) is 17.7. The van der Waals surface area contributed by atoms with E-state index in [1.54, 1.807) is 0 Å². The van der Waals surface area contributed by atoms with Crippen LogP contribution < -0.4 is 0 Å². The maximum absolute atomic E-state index is 11.8. The number of halogens is 3. The van der Waals surface area contributed by atoms with Crippen molar-refractivity contribution in [2.24, 2.45) is 0 Å². The van der Waals surface area contributed by atoms with Crippen LogP contribution in [0.3, 0.4) is 0 Å². The van der Waals surface area contributed by atoms with Gasteiger partial charge in [-0.1, -0.05) is 13.3 Å². The third-order valence-corrected chi connectivity index (χ3v) is 2.34. The molecule has 0 fully saturated rings. The summed E-state index contributed by atoms with van der Waals surface area (Å²) < 4.78 is 51.2. The highest BCUT2D eigenvalue weighted by atomic mass is 19.4. The largest absolute Gasteiger partial charge is 0.389 e. The summed E-state index contributed by atoms with van der Waals surface area (Å²) in [5.41, 5.74) is 0. The van der Waals surface area contributed by atoms with Crippen molar-refractivity contribution in [3.63, 3.8) is 0 Å². The Morgan fingerprint density at radius 1 is 0.684 bits per heavy atom. The second kappa shape index (κ2) is 12.7. The highest BCUT2D eigenvalue weighted by Gasteiger charge is 2.25. The zero-order valence-corrected chi connectivity index (χ0v) is 11.6. The van der Waals surface area contributed by atoms with Gasteiger partial charge in [-0.05, 0) is 19.3 Å². The van der Waals surface area contributed by atoms with Gasteiger partial charge in [-0.2, -0.15) is 13.2 Å². The van der Waals surface area contributed by atoms with Gasteiger partial charge in [-0.15, -0.1) is 0 Å². The topological polar surface area (TPSA) is 27.7 Å². The number of unbranched alkanes of at least 4 members (excludes halogenated alkanes) is 2. The summed E-state index contributed by atoms with van der Waals surface area (Å²) in [6.45, 7) is 5.40. The Balaban J connectivity index is 2.99. The molecule has 3 nitrogen and oxygen atoms in total. The third-order valence-electron chi connectivity index (χ3n) is 2.34. The Morgan fingerprint density at radius 3 is 1.74 bits per heavy atom. The average molecular weight is 286 g/mol. The molecule has 0 aliphatic carbocycles. The summed E-state index contributed by atoms with van der Waals surface area (Å²) in [7, 11) is 0. The fraction of sp³-hybridized carbons (Fsp3) is 1.00. The zero-order chi connectivity index (χ0) is 14.4. The first-order chi connectivity index (χ1) is 9.06. The Bertz CT molecular complexity index is 186. The lowest BCUT2D eigenvalue weighted by molar-refractivity contribution is -0.135. The van der Waals surface area contributed by atoms with Gasteiger partial charge in [0.05, 0.1) is 26.4 Å². The van der Waals surface area contributed by atoms with Crippen molar-refractivity contribution < 1.29 is 27.4 Å². The van der Waals surface area contributed by atoms with Crippen LogP contribution in [-0.4, -0.2) is 45.8 Å². The lowest BCUT2D eigenvalue weighted by Crippen LogP contribution is -2.10. The molecule has 0 atom stereocenters. The molecule has 0 bridgehead atoms. The van der Waals surface area contributed by atoms with Crippen LogP contribution in [0.5, 0.6) is 0 Å². The van der Waals surface area contributed by atoms with E-state index in [-0.39, 0.29) is 6.42 Å². The Hall–Kier alpha value is -0.330. The smallest absolute Gasteiger partial charge is 0.379 e. The molecule has 0 aromatic carbocycles. The number of hydrogen-bond donors (Lipinski definition) is 0. The molecule has 0 aromatic rings. The van der Waals surface area contributed by atoms with E-state index in [0.29, 0.717) is 45.9 Å². The van der Waals surface area contributed by atoms with Crippen molar-refractivity contribution in [1.82, 2.24) is 0 Å². The van der Waals surface area contributed by atoms with E-state index in [2.05, 4.69) is 0 Å². The minimum absolute atomic E-state index is 0.179. The van der Waals surface area contributed by atoms with E-state index in [4.69, 9.17) is 14.2 Å². The van der Waals surface area contributed by atoms with Gasteiger partial charge in [-0.25, -0.2) is 0 Å². The van der Waals surface area contributed by atoms with Crippen LogP contribution in [0.15, 0.2) is 0 Å². The average Bonchev–Trinajstić information content (AvgIpc) is 2.34. The molecule has 0 aromatic heterocycles. The molecule has 0 saturated heterocycles. The van der Waals surface area contributed by atoms with E-state index >= 15 is 0 Å². The molecular formula is C13H25F3O3. The highest BCUT2D eigenvalue weighted by molar-refractivity contribution is 4.51. The van der Waals surface area contributed by atoms with Gasteiger partial charge in [0, 0.05) is 19.6 Å². The predicted molar refractivity (Wildman–Crippen MR) is 67.3 cm³/mol. The molecule has 0 aliphatic heterocycles. The van der Waals surface area contributed by atoms with Crippen molar-refractivity contribution in [3.8, 4) is 0 Å². The quantitative estimate of drug-likeness (QED) is 0.484. The molecule has 0 rings (SSSR count). The molecule has 6 heteroatoms. The van der Waals surface area contributed by atoms with Crippen molar-refractivity contribution in [1.29, 1.82) is 0 Å². The summed E-state index contributed by atoms with van der Waals surface area (Å²) in [4.78, 5) is 0. The van der Waals surface area contributed by atoms with E-state index in [0.717, 1.165) is 13.0 Å². The molecule has 19 heavy (non-hydrogen) atoms. The van der Waals surface area contributed by atoms with Crippen LogP contribution in [0.4, 0.5) is 13.2 Å². The van der Waals surface area contributed by atoms with Crippen LogP contribution in [0.2, 0.25) is 0 Å². The number of hydrogen-bond acceptors (Lipinski definition) is 3. The molecule has 0 saturated carbocycles. The molecule has 0 N–H and O–H groups in total. The van der Waals surface area contributed by atoms with Crippen molar-refractivity contribution in [2.45, 2.75) is 45.2 Å². The minimum Gasteiger partial charge on any atom is -0.379 e. The second-order valence-electron chi connectivity index (χ2n) is 4.26. The highest BCUT2D eigenvalue weighted by Crippen LogP contribution is 2.22. The predicted octanol–water partition coefficient (Wildman–Crippen LogP) is 3.57. The van der Waals surface area contributed by atoms with Gasteiger partial charge in [0.2, 0.25) is 0 Å². The molecule has 0 unspecified atom stereocenters. The van der Waals surface area contributed by atoms with E-state index in [1.165, 1.54) is 0 Å². The first kappa shape index (κ1) is 18.7. The molecular weight excluding hydrogens is 261 g/mol. The van der Waals surface area contributed by atoms with E-state index in [1.807, 2.05) is 6.92 Å². The van der Waals surface area contributed by atoms with Gasteiger partial charge in [0.1, 0.15) is 0 Å². The van der Waals surface area contributed by atoms with Crippen LogP contribution >= 0.6 is 0 Å². The van der Waals surface area contributed by atoms with E-state index in [9.17, 15) is 13.2 Å². The van der Waals surface area contributed by atoms with Crippen LogP contribution in [0, 0.1) is 0 Å². The summed E-state index contributed by atoms with van der Waals surface area (Å²) in [6.07, 6.45) is -2.35. The Morgan fingerprint density at radius 2 is 1.21 bits per heavy atom. The minimum atomic E-state index is -4.03. The summed E-state index contributed by atoms with van der Waals surface area (Å²) in [5.74, 6) is 0. The SMILES string of the molecule is CCCOCCOCCOCCCCCC(F)(F)F. The maximum Gasteiger partial charge on any atom is 0.389 e. The van der Waals surface area contributed by atoms with Crippen LogP contribution in [-0.2, 0) is 14.2 Å². The molecule has 0 amide bonds. The van der Waals surface area contributed by atoms with Gasteiger partial charge in [0.25, 0.3) is 0 Å². The maximum atomic E-state index is 11.8. The van der Waals surface area contributed by atoms with E-state index < -0.39 is 12.6 Å². The second-order valence-corrected chi connectivity index (χ2v) is 4.26. The van der Waals surface area contributed by atoms with Gasteiger partial charge in [-0.3, -0.25) is 0 Å². The number of ether oxygens (including phenoxy) is 3.